The first-order valence-electron chi connectivity index (χ1n) is 5.74. The number of aryl methyl sites for hydroxylation is 3. The van der Waals surface area contributed by atoms with Gasteiger partial charge < -0.3 is 5.11 Å². The van der Waals surface area contributed by atoms with Crippen molar-refractivity contribution in [1.82, 2.24) is 4.68 Å². The Kier molecular flexibility index (Phi) is 3.61. The lowest BCUT2D eigenvalue weighted by atomic mass is 10.3. The number of hydrogen-bond acceptors (Lipinski definition) is 4. The molecule has 0 aliphatic heterocycles. The molecule has 0 aromatic carbocycles. The summed E-state index contributed by atoms with van der Waals surface area (Å²) in [5.74, 6) is -1.12. The topological polar surface area (TPSA) is 88.4 Å². The minimum absolute atomic E-state index is 0.0140. The van der Waals surface area contributed by atoms with Crippen molar-refractivity contribution in [3.05, 3.63) is 40.0 Å². The van der Waals surface area contributed by atoms with Crippen molar-refractivity contribution in [2.75, 3.05) is 4.83 Å². The fraction of sp³-hybridized carbons (Fsp3) is 0.250. The van der Waals surface area contributed by atoms with E-state index >= 15 is 0 Å². The molecule has 0 unspecified atom stereocenters. The molecule has 0 atom stereocenters. The predicted molar refractivity (Wildman–Crippen MR) is 76.5 cm³/mol. The highest BCUT2D eigenvalue weighted by atomic mass is 32.2. The Balaban J connectivity index is 2.41. The monoisotopic (exact) mass is 314 g/mol. The summed E-state index contributed by atoms with van der Waals surface area (Å²) in [4.78, 5) is 13.4. The van der Waals surface area contributed by atoms with Crippen LogP contribution in [0.3, 0.4) is 0 Å². The second kappa shape index (κ2) is 4.95. The van der Waals surface area contributed by atoms with Gasteiger partial charge in [0.05, 0.1) is 0 Å². The molecule has 2 heterocycles. The summed E-state index contributed by atoms with van der Waals surface area (Å²) < 4.78 is 26.0. The third-order valence-corrected chi connectivity index (χ3v) is 5.84. The van der Waals surface area contributed by atoms with E-state index in [4.69, 9.17) is 5.11 Å². The van der Waals surface area contributed by atoms with Crippen molar-refractivity contribution in [2.45, 2.75) is 25.0 Å². The number of aromatic carboxylic acids is 1. The van der Waals surface area contributed by atoms with Crippen LogP contribution in [0.1, 0.15) is 26.6 Å². The van der Waals surface area contributed by atoms with Crippen LogP contribution in [0, 0.1) is 20.8 Å². The third kappa shape index (κ3) is 2.56. The van der Waals surface area contributed by atoms with Gasteiger partial charge in [0, 0.05) is 11.4 Å². The highest BCUT2D eigenvalue weighted by Gasteiger charge is 2.22. The van der Waals surface area contributed by atoms with Gasteiger partial charge in [-0.25, -0.2) is 9.63 Å². The van der Waals surface area contributed by atoms with Gasteiger partial charge in [0.15, 0.2) is 0 Å². The molecule has 8 heteroatoms. The third-order valence-electron chi connectivity index (χ3n) is 2.84. The first kappa shape index (κ1) is 14.6. The Morgan fingerprint density at radius 2 is 1.80 bits per heavy atom. The largest absolute Gasteiger partial charge is 0.477 e. The molecule has 6 nitrogen and oxygen atoms in total. The smallest absolute Gasteiger partial charge is 0.346 e. The van der Waals surface area contributed by atoms with Crippen molar-refractivity contribution >= 4 is 27.3 Å². The number of rotatable bonds is 4. The molecule has 108 valence electrons. The van der Waals surface area contributed by atoms with E-state index in [1.54, 1.807) is 32.9 Å². The van der Waals surface area contributed by atoms with Gasteiger partial charge in [-0.3, -0.25) is 4.68 Å². The van der Waals surface area contributed by atoms with Gasteiger partial charge in [0.1, 0.15) is 9.09 Å². The van der Waals surface area contributed by atoms with Crippen LogP contribution in [0.2, 0.25) is 0 Å². The molecule has 0 aliphatic rings. The fourth-order valence-electron chi connectivity index (χ4n) is 1.78. The molecule has 0 saturated carbocycles. The summed E-state index contributed by atoms with van der Waals surface area (Å²) in [5, 5.41) is 8.98. The summed E-state index contributed by atoms with van der Waals surface area (Å²) >= 11 is 0.745. The van der Waals surface area contributed by atoms with Gasteiger partial charge in [-0.05, 0) is 44.5 Å². The molecular weight excluding hydrogens is 300 g/mol. The quantitative estimate of drug-likeness (QED) is 0.904. The van der Waals surface area contributed by atoms with E-state index in [1.165, 1.54) is 10.7 Å². The van der Waals surface area contributed by atoms with E-state index < -0.39 is 16.0 Å². The molecule has 20 heavy (non-hydrogen) atoms. The molecular formula is C12H14N2O4S2. The average Bonchev–Trinajstić information content (AvgIpc) is 2.87. The zero-order valence-corrected chi connectivity index (χ0v) is 12.8. The second-order valence-corrected chi connectivity index (χ2v) is 7.37. The van der Waals surface area contributed by atoms with E-state index in [-0.39, 0.29) is 9.09 Å². The lowest BCUT2D eigenvalue weighted by Gasteiger charge is -2.11. The van der Waals surface area contributed by atoms with Crippen molar-refractivity contribution in [2.24, 2.45) is 0 Å². The summed E-state index contributed by atoms with van der Waals surface area (Å²) in [6.07, 6.45) is 0. The predicted octanol–water partition coefficient (Wildman–Crippen LogP) is 2.11. The Morgan fingerprint density at radius 1 is 1.25 bits per heavy atom. The zero-order valence-electron chi connectivity index (χ0n) is 11.2. The lowest BCUT2D eigenvalue weighted by molar-refractivity contribution is 0.0701. The number of carbonyl (C=O) groups is 1. The molecule has 2 rings (SSSR count). The molecule has 0 fully saturated rings. The second-order valence-electron chi connectivity index (χ2n) is 4.43. The van der Waals surface area contributed by atoms with Crippen LogP contribution in [0.5, 0.6) is 0 Å². The molecule has 0 bridgehead atoms. The molecule has 2 N–H and O–H groups in total. The number of hydrogen-bond donors (Lipinski definition) is 2. The minimum Gasteiger partial charge on any atom is -0.477 e. The lowest BCUT2D eigenvalue weighted by Crippen LogP contribution is -2.24. The number of nitrogens with one attached hydrogen (secondary N) is 1. The summed E-state index contributed by atoms with van der Waals surface area (Å²) in [5.41, 5.74) is 1.93. The maximum atomic E-state index is 12.3. The summed E-state index contributed by atoms with van der Waals surface area (Å²) in [6, 6.07) is 4.95. The van der Waals surface area contributed by atoms with Gasteiger partial charge in [0.2, 0.25) is 0 Å². The Labute approximate surface area is 120 Å². The maximum absolute atomic E-state index is 12.3. The van der Waals surface area contributed by atoms with E-state index in [1.807, 2.05) is 0 Å². The minimum atomic E-state index is -3.80. The number of carboxylic acids is 1. The highest BCUT2D eigenvalue weighted by Crippen LogP contribution is 2.26. The maximum Gasteiger partial charge on any atom is 0.346 e. The van der Waals surface area contributed by atoms with Gasteiger partial charge >= 0.3 is 5.97 Å². The summed E-state index contributed by atoms with van der Waals surface area (Å²) in [7, 11) is -3.80. The Morgan fingerprint density at radius 3 is 2.25 bits per heavy atom. The first-order chi connectivity index (χ1) is 9.22. The molecule has 0 aliphatic carbocycles. The number of sulfonamides is 1. The first-order valence-corrected chi connectivity index (χ1v) is 8.04. The fourth-order valence-corrected chi connectivity index (χ4v) is 4.27. The summed E-state index contributed by atoms with van der Waals surface area (Å²) in [6.45, 7) is 5.13. The standard InChI is InChI=1S/C12H14N2O4S2/c1-7-6-10(19-11(7)12(15)16)20(17,18)13-14-8(2)4-5-9(14)3/h4-6,13H,1-3H3,(H,15,16). The highest BCUT2D eigenvalue weighted by molar-refractivity contribution is 7.94. The number of aromatic nitrogens is 1. The molecule has 0 spiro atoms. The normalized spacial score (nSPS) is 11.6. The van der Waals surface area contributed by atoms with E-state index in [0.29, 0.717) is 5.56 Å². The van der Waals surface area contributed by atoms with Crippen LogP contribution >= 0.6 is 11.3 Å². The Hall–Kier alpha value is -1.80. The van der Waals surface area contributed by atoms with Crippen molar-refractivity contribution in [3.63, 3.8) is 0 Å². The number of nitrogens with zero attached hydrogens (tertiary/aromatic N) is 1. The number of carboxylic acid groups (broad SMARTS) is 1. The van der Waals surface area contributed by atoms with E-state index in [9.17, 15) is 13.2 Å². The van der Waals surface area contributed by atoms with Crippen LogP contribution in [-0.2, 0) is 10.0 Å². The van der Waals surface area contributed by atoms with Gasteiger partial charge in [-0.1, -0.05) is 0 Å². The van der Waals surface area contributed by atoms with Crippen molar-refractivity contribution in [3.8, 4) is 0 Å². The molecule has 2 aromatic rings. The molecule has 2 aromatic heterocycles. The van der Waals surface area contributed by atoms with Gasteiger partial charge in [-0.2, -0.15) is 8.42 Å². The Bertz CT molecular complexity index is 752. The molecule has 0 radical (unpaired) electrons. The van der Waals surface area contributed by atoms with Crippen molar-refractivity contribution in [1.29, 1.82) is 0 Å². The van der Waals surface area contributed by atoms with Crippen molar-refractivity contribution < 1.29 is 18.3 Å². The van der Waals surface area contributed by atoms with Gasteiger partial charge in [-0.15, -0.1) is 11.3 Å². The SMILES string of the molecule is Cc1cc(S(=O)(=O)Nn2c(C)ccc2C)sc1C(=O)O. The van der Waals surface area contributed by atoms with Crippen LogP contribution < -0.4 is 4.83 Å². The average molecular weight is 314 g/mol. The van der Waals surface area contributed by atoms with Crippen LogP contribution in [0.15, 0.2) is 22.4 Å². The zero-order chi connectivity index (χ0) is 15.1. The van der Waals surface area contributed by atoms with Crippen LogP contribution in [0.4, 0.5) is 0 Å². The molecule has 0 amide bonds. The molecule has 0 saturated heterocycles. The van der Waals surface area contributed by atoms with Crippen LogP contribution in [-0.4, -0.2) is 24.2 Å². The van der Waals surface area contributed by atoms with Gasteiger partial charge in [0.25, 0.3) is 10.0 Å². The van der Waals surface area contributed by atoms with Crippen LogP contribution in [0.25, 0.3) is 0 Å². The van der Waals surface area contributed by atoms with E-state index in [0.717, 1.165) is 22.7 Å². The number of thiophene rings is 1. The van der Waals surface area contributed by atoms with E-state index in [2.05, 4.69) is 4.83 Å².